The van der Waals surface area contributed by atoms with E-state index in [2.05, 4.69) is 4.98 Å². The van der Waals surface area contributed by atoms with Crippen molar-refractivity contribution in [3.05, 3.63) is 23.0 Å². The van der Waals surface area contributed by atoms with E-state index >= 15 is 0 Å². The van der Waals surface area contributed by atoms with Crippen LogP contribution in [0.15, 0.2) is 17.0 Å². The van der Waals surface area contributed by atoms with Gasteiger partial charge in [-0.25, -0.2) is 18.2 Å². The summed E-state index contributed by atoms with van der Waals surface area (Å²) < 4.78 is 28.2. The van der Waals surface area contributed by atoms with Crippen LogP contribution >= 0.6 is 11.6 Å². The van der Waals surface area contributed by atoms with Crippen LogP contribution in [-0.2, 0) is 14.6 Å². The van der Waals surface area contributed by atoms with Crippen molar-refractivity contribution in [1.29, 1.82) is 0 Å². The van der Waals surface area contributed by atoms with Gasteiger partial charge in [0.15, 0.2) is 15.5 Å². The lowest BCUT2D eigenvalue weighted by Crippen LogP contribution is -2.15. The van der Waals surface area contributed by atoms with E-state index in [1.807, 2.05) is 0 Å². The van der Waals surface area contributed by atoms with Crippen LogP contribution in [0, 0.1) is 0 Å². The van der Waals surface area contributed by atoms with Gasteiger partial charge in [0.2, 0.25) is 0 Å². The number of nitrogens with zero attached hydrogens (tertiary/aromatic N) is 1. The SMILES string of the molecule is CCOC(=O)c1nc(Cl)ccc1S(=O)(=O)CC. The molecule has 0 N–H and O–H groups in total. The van der Waals surface area contributed by atoms with Crippen molar-refractivity contribution in [3.63, 3.8) is 0 Å². The summed E-state index contributed by atoms with van der Waals surface area (Å²) in [6.45, 7) is 3.24. The first-order chi connectivity index (χ1) is 7.92. The van der Waals surface area contributed by atoms with Crippen LogP contribution in [0.25, 0.3) is 0 Å². The van der Waals surface area contributed by atoms with Gasteiger partial charge in [-0.1, -0.05) is 18.5 Å². The minimum Gasteiger partial charge on any atom is -0.461 e. The number of halogens is 1. The molecule has 17 heavy (non-hydrogen) atoms. The van der Waals surface area contributed by atoms with Crippen molar-refractivity contribution in [2.75, 3.05) is 12.4 Å². The largest absolute Gasteiger partial charge is 0.461 e. The minimum absolute atomic E-state index is 0.0445. The normalized spacial score (nSPS) is 11.2. The topological polar surface area (TPSA) is 73.3 Å². The van der Waals surface area contributed by atoms with Gasteiger partial charge in [0, 0.05) is 0 Å². The van der Waals surface area contributed by atoms with Gasteiger partial charge in [-0.3, -0.25) is 0 Å². The fourth-order valence-electron chi connectivity index (χ4n) is 1.17. The number of hydrogen-bond donors (Lipinski definition) is 0. The zero-order valence-electron chi connectivity index (χ0n) is 9.44. The van der Waals surface area contributed by atoms with Gasteiger partial charge in [-0.05, 0) is 19.1 Å². The second-order valence-electron chi connectivity index (χ2n) is 3.10. The molecule has 1 aromatic rings. The van der Waals surface area contributed by atoms with Crippen molar-refractivity contribution >= 4 is 27.4 Å². The average Bonchev–Trinajstić information content (AvgIpc) is 2.29. The van der Waals surface area contributed by atoms with Crippen molar-refractivity contribution in [3.8, 4) is 0 Å². The molecule has 1 aromatic heterocycles. The van der Waals surface area contributed by atoms with E-state index in [0.717, 1.165) is 0 Å². The number of hydrogen-bond acceptors (Lipinski definition) is 5. The Bertz CT molecular complexity index is 527. The van der Waals surface area contributed by atoms with Crippen LogP contribution in [-0.4, -0.2) is 31.7 Å². The van der Waals surface area contributed by atoms with Crippen LogP contribution in [0.2, 0.25) is 5.15 Å². The molecule has 0 unspecified atom stereocenters. The van der Waals surface area contributed by atoms with Crippen LogP contribution in [0.3, 0.4) is 0 Å². The van der Waals surface area contributed by atoms with Crippen molar-refractivity contribution in [2.45, 2.75) is 18.7 Å². The Hall–Kier alpha value is -1.14. The van der Waals surface area contributed by atoms with E-state index in [1.165, 1.54) is 19.1 Å². The van der Waals surface area contributed by atoms with Gasteiger partial charge in [-0.2, -0.15) is 0 Å². The van der Waals surface area contributed by atoms with Gasteiger partial charge in [0.25, 0.3) is 0 Å². The summed E-state index contributed by atoms with van der Waals surface area (Å²) in [6, 6.07) is 2.59. The van der Waals surface area contributed by atoms with Gasteiger partial charge in [0.1, 0.15) is 10.0 Å². The summed E-state index contributed by atoms with van der Waals surface area (Å²) in [5, 5.41) is 0.0445. The van der Waals surface area contributed by atoms with E-state index in [0.29, 0.717) is 0 Å². The molecule has 94 valence electrons. The van der Waals surface area contributed by atoms with Crippen LogP contribution < -0.4 is 0 Å². The number of ether oxygens (including phenoxy) is 1. The number of carbonyl (C=O) groups is 1. The summed E-state index contributed by atoms with van der Waals surface area (Å²) in [6.07, 6.45) is 0. The van der Waals surface area contributed by atoms with Gasteiger partial charge >= 0.3 is 5.97 Å². The third-order valence-electron chi connectivity index (χ3n) is 2.01. The second-order valence-corrected chi connectivity index (χ2v) is 5.74. The van der Waals surface area contributed by atoms with E-state index in [4.69, 9.17) is 16.3 Å². The Morgan fingerprint density at radius 2 is 2.06 bits per heavy atom. The fraction of sp³-hybridized carbons (Fsp3) is 0.400. The fourth-order valence-corrected chi connectivity index (χ4v) is 2.33. The third-order valence-corrected chi connectivity index (χ3v) is 3.98. The number of esters is 1. The summed E-state index contributed by atoms with van der Waals surface area (Å²) >= 11 is 5.64. The molecule has 0 bridgehead atoms. The maximum Gasteiger partial charge on any atom is 0.358 e. The lowest BCUT2D eigenvalue weighted by Gasteiger charge is -2.07. The Kier molecular flexibility index (Phi) is 4.47. The van der Waals surface area contributed by atoms with Crippen LogP contribution in [0.5, 0.6) is 0 Å². The predicted molar refractivity (Wildman–Crippen MR) is 62.9 cm³/mol. The highest BCUT2D eigenvalue weighted by molar-refractivity contribution is 7.91. The predicted octanol–water partition coefficient (Wildman–Crippen LogP) is 1.71. The Balaban J connectivity index is 3.37. The maximum absolute atomic E-state index is 11.8. The number of pyridine rings is 1. The van der Waals surface area contributed by atoms with E-state index in [9.17, 15) is 13.2 Å². The summed E-state index contributed by atoms with van der Waals surface area (Å²) in [4.78, 5) is 15.1. The lowest BCUT2D eigenvalue weighted by atomic mass is 10.3. The summed E-state index contributed by atoms with van der Waals surface area (Å²) in [5.41, 5.74) is -0.263. The summed E-state index contributed by atoms with van der Waals surface area (Å²) in [5.74, 6) is -0.912. The molecule has 0 aromatic carbocycles. The first-order valence-electron chi connectivity index (χ1n) is 4.98. The van der Waals surface area contributed by atoms with Crippen molar-refractivity contribution in [2.24, 2.45) is 0 Å². The van der Waals surface area contributed by atoms with E-state index in [1.54, 1.807) is 6.92 Å². The molecule has 0 radical (unpaired) electrons. The molecule has 0 saturated heterocycles. The molecule has 0 amide bonds. The molecule has 0 aliphatic carbocycles. The monoisotopic (exact) mass is 277 g/mol. The summed E-state index contributed by atoms with van der Waals surface area (Å²) in [7, 11) is -3.53. The standard InChI is InChI=1S/C10H12ClNO4S/c1-3-16-10(13)9-7(17(14,15)4-2)5-6-8(11)12-9/h5-6H,3-4H2,1-2H3. The molecule has 5 nitrogen and oxygen atoms in total. The molecule has 0 fully saturated rings. The first kappa shape index (κ1) is 13.9. The Morgan fingerprint density at radius 1 is 1.41 bits per heavy atom. The molecule has 0 aliphatic rings. The maximum atomic E-state index is 11.8. The number of sulfone groups is 1. The molecule has 1 heterocycles. The Labute approximate surface area is 105 Å². The number of carbonyl (C=O) groups excluding carboxylic acids is 1. The number of aromatic nitrogens is 1. The van der Waals surface area contributed by atoms with Crippen LogP contribution in [0.4, 0.5) is 0 Å². The highest BCUT2D eigenvalue weighted by atomic mass is 35.5. The molecule has 0 spiro atoms. The minimum atomic E-state index is -3.53. The van der Waals surface area contributed by atoms with E-state index < -0.39 is 15.8 Å². The highest BCUT2D eigenvalue weighted by Crippen LogP contribution is 2.19. The molecular formula is C10H12ClNO4S. The van der Waals surface area contributed by atoms with Crippen molar-refractivity contribution in [1.82, 2.24) is 4.98 Å². The number of rotatable bonds is 4. The van der Waals surface area contributed by atoms with Gasteiger partial charge in [0.05, 0.1) is 12.4 Å². The van der Waals surface area contributed by atoms with Gasteiger partial charge < -0.3 is 4.74 Å². The molecule has 0 atom stereocenters. The molecule has 0 aliphatic heterocycles. The zero-order valence-corrected chi connectivity index (χ0v) is 11.0. The molecule has 0 saturated carbocycles. The molecule has 1 rings (SSSR count). The molecule has 7 heteroatoms. The highest BCUT2D eigenvalue weighted by Gasteiger charge is 2.23. The van der Waals surface area contributed by atoms with Crippen LogP contribution in [0.1, 0.15) is 24.3 Å². The third kappa shape index (κ3) is 3.17. The second kappa shape index (κ2) is 5.46. The zero-order chi connectivity index (χ0) is 13.1. The Morgan fingerprint density at radius 3 is 2.59 bits per heavy atom. The van der Waals surface area contributed by atoms with Crippen molar-refractivity contribution < 1.29 is 17.9 Å². The first-order valence-corrected chi connectivity index (χ1v) is 7.01. The average molecular weight is 278 g/mol. The quantitative estimate of drug-likeness (QED) is 0.619. The van der Waals surface area contributed by atoms with Gasteiger partial charge in [-0.15, -0.1) is 0 Å². The lowest BCUT2D eigenvalue weighted by molar-refractivity contribution is 0.0514. The smallest absolute Gasteiger partial charge is 0.358 e. The molecular weight excluding hydrogens is 266 g/mol. The van der Waals surface area contributed by atoms with E-state index in [-0.39, 0.29) is 28.1 Å².